The van der Waals surface area contributed by atoms with Crippen molar-refractivity contribution in [2.75, 3.05) is 20.5 Å². The Morgan fingerprint density at radius 2 is 1.74 bits per heavy atom. The van der Waals surface area contributed by atoms with E-state index in [4.69, 9.17) is 18.9 Å². The van der Waals surface area contributed by atoms with Crippen LogP contribution in [0.1, 0.15) is 41.0 Å². The average molecular weight is 589 g/mol. The monoisotopic (exact) mass is 589 g/mol. The van der Waals surface area contributed by atoms with Crippen molar-refractivity contribution < 1.29 is 75.2 Å². The number of fused-ring (bicyclic) bond motifs is 2. The van der Waals surface area contributed by atoms with Crippen LogP contribution >= 0.6 is 0 Å². The summed E-state index contributed by atoms with van der Waals surface area (Å²) in [7, 11) is 1.57. The van der Waals surface area contributed by atoms with Crippen LogP contribution in [0.25, 0.3) is 0 Å². The summed E-state index contributed by atoms with van der Waals surface area (Å²) in [5, 5.41) is 20.7. The summed E-state index contributed by atoms with van der Waals surface area (Å²) >= 11 is 0. The Morgan fingerprint density at radius 3 is 2.47 bits per heavy atom. The van der Waals surface area contributed by atoms with Crippen molar-refractivity contribution in [2.45, 2.75) is 18.8 Å². The predicted octanol–water partition coefficient (Wildman–Crippen LogP) is 4.51. The van der Waals surface area contributed by atoms with E-state index in [0.717, 1.165) is 22.3 Å². The van der Waals surface area contributed by atoms with E-state index < -0.39 is 23.7 Å². The van der Waals surface area contributed by atoms with Crippen LogP contribution in [0.5, 0.6) is 28.7 Å². The first-order chi connectivity index (χ1) is 16.0. The third-order valence-corrected chi connectivity index (χ3v) is 6.36. The number of hydrogen-bond acceptors (Lipinski definition) is 6. The van der Waals surface area contributed by atoms with Crippen LogP contribution in [-0.2, 0) is 4.79 Å². The number of phenols is 1. The first-order valence-corrected chi connectivity index (χ1v) is 10.8. The fourth-order valence-electron chi connectivity index (χ4n) is 5.01. The van der Waals surface area contributed by atoms with E-state index in [0.29, 0.717) is 29.6 Å². The maximum Gasteiger partial charge on any atom is 0.308 e. The Bertz CT molecular complexity index is 1230. The molecule has 2 N–H and O–H groups in total. The summed E-state index contributed by atoms with van der Waals surface area (Å²) in [6.07, 6.45) is 0. The summed E-state index contributed by atoms with van der Waals surface area (Å²) in [6.45, 7) is 2.44. The standard InChI is InChI=1S/C26H24O7.Pr/c1-3-31-21-12-16(30-2)6-8-18(21)24-19-11-15(27)5-7-17(19)23(25(24)26(28)29)14-4-9-20-22(10-14)33-13-32-20;/h4-12,23-25,27H,3,13H2,1-2H3,(H,28,29);. The molecule has 2 aliphatic rings. The molecule has 0 spiro atoms. The van der Waals surface area contributed by atoms with E-state index in [-0.39, 0.29) is 53.8 Å². The van der Waals surface area contributed by atoms with Gasteiger partial charge in [-0.3, -0.25) is 4.79 Å². The molecule has 0 fully saturated rings. The van der Waals surface area contributed by atoms with Crippen LogP contribution in [-0.4, -0.2) is 36.7 Å². The van der Waals surface area contributed by atoms with Crippen molar-refractivity contribution in [1.29, 1.82) is 0 Å². The van der Waals surface area contributed by atoms with Crippen molar-refractivity contribution in [2.24, 2.45) is 5.92 Å². The van der Waals surface area contributed by atoms with Gasteiger partial charge in [-0.25, -0.2) is 0 Å². The first kappa shape index (κ1) is 24.6. The number of carboxylic acids is 1. The van der Waals surface area contributed by atoms with Crippen molar-refractivity contribution >= 4 is 5.97 Å². The summed E-state index contributed by atoms with van der Waals surface area (Å²) in [6, 6.07) is 16.0. The van der Waals surface area contributed by atoms with Gasteiger partial charge in [-0.2, -0.15) is 0 Å². The number of hydrogen-bond donors (Lipinski definition) is 2. The number of phenolic OH excluding ortho intramolecular Hbond substituents is 1. The molecule has 1 aliphatic carbocycles. The molecule has 3 atom stereocenters. The quantitative estimate of drug-likeness (QED) is 0.437. The van der Waals surface area contributed by atoms with Crippen molar-refractivity contribution in [1.82, 2.24) is 0 Å². The van der Waals surface area contributed by atoms with Crippen LogP contribution < -0.4 is 18.9 Å². The smallest absolute Gasteiger partial charge is 0.308 e. The van der Waals surface area contributed by atoms with E-state index in [1.807, 2.05) is 31.2 Å². The van der Waals surface area contributed by atoms with Gasteiger partial charge in [-0.05, 0) is 53.9 Å². The number of aliphatic carboxylic acids is 1. The van der Waals surface area contributed by atoms with Crippen LogP contribution in [0, 0.1) is 47.2 Å². The van der Waals surface area contributed by atoms with E-state index in [9.17, 15) is 15.0 Å². The Kier molecular flexibility index (Phi) is 7.24. The second kappa shape index (κ2) is 10.0. The molecule has 1 aliphatic heterocycles. The average Bonchev–Trinajstić information content (AvgIpc) is 3.41. The zero-order valence-corrected chi connectivity index (χ0v) is 22.6. The topological polar surface area (TPSA) is 94.5 Å². The Hall–Kier alpha value is -2.51. The number of carbonyl (C=O) groups is 1. The zero-order valence-electron chi connectivity index (χ0n) is 18.9. The van der Waals surface area contributed by atoms with Crippen LogP contribution in [0.4, 0.5) is 0 Å². The van der Waals surface area contributed by atoms with Gasteiger partial charge in [0.2, 0.25) is 6.79 Å². The molecule has 0 saturated carbocycles. The molecule has 1 heterocycles. The van der Waals surface area contributed by atoms with E-state index >= 15 is 0 Å². The first-order valence-electron chi connectivity index (χ1n) is 10.8. The number of rotatable bonds is 6. The third-order valence-electron chi connectivity index (χ3n) is 6.36. The Labute approximate surface area is 230 Å². The van der Waals surface area contributed by atoms with Crippen molar-refractivity contribution in [3.8, 4) is 28.7 Å². The van der Waals surface area contributed by atoms with Crippen LogP contribution in [0.3, 0.4) is 0 Å². The fourth-order valence-corrected chi connectivity index (χ4v) is 5.01. The Morgan fingerprint density at radius 1 is 0.971 bits per heavy atom. The van der Waals surface area contributed by atoms with Gasteiger partial charge in [0.25, 0.3) is 0 Å². The van der Waals surface area contributed by atoms with Crippen LogP contribution in [0.2, 0.25) is 0 Å². The molecule has 3 aromatic carbocycles. The molecule has 3 aromatic rings. The summed E-state index contributed by atoms with van der Waals surface area (Å²) in [5.74, 6) is -0.238. The van der Waals surface area contributed by atoms with E-state index in [1.165, 1.54) is 0 Å². The second-order valence-corrected chi connectivity index (χ2v) is 8.08. The molecule has 0 saturated heterocycles. The van der Waals surface area contributed by atoms with Crippen molar-refractivity contribution in [3.05, 3.63) is 76.9 Å². The van der Waals surface area contributed by atoms with E-state index in [2.05, 4.69) is 0 Å². The van der Waals surface area contributed by atoms with Crippen molar-refractivity contribution in [3.63, 3.8) is 0 Å². The summed E-state index contributed by atoms with van der Waals surface area (Å²) < 4.78 is 22.2. The summed E-state index contributed by atoms with van der Waals surface area (Å²) in [4.78, 5) is 12.8. The molecule has 0 aromatic heterocycles. The molecule has 1 radical (unpaired) electrons. The fraction of sp³-hybridized carbons (Fsp3) is 0.269. The molecule has 7 nitrogen and oxygen atoms in total. The Balaban J connectivity index is 0.00000274. The third kappa shape index (κ3) is 4.20. The molecule has 5 rings (SSSR count). The number of ether oxygens (including phenoxy) is 4. The molecule has 34 heavy (non-hydrogen) atoms. The molecular formula is C26H24O7Pr. The largest absolute Gasteiger partial charge is 0.508 e. The van der Waals surface area contributed by atoms with Crippen LogP contribution in [0.15, 0.2) is 54.6 Å². The number of carboxylic acid groups (broad SMARTS) is 1. The molecule has 8 heteroatoms. The minimum Gasteiger partial charge on any atom is -0.508 e. The minimum atomic E-state index is -0.934. The molecule has 0 bridgehead atoms. The molecule has 3 unspecified atom stereocenters. The molecule has 173 valence electrons. The predicted molar refractivity (Wildman–Crippen MR) is 120 cm³/mol. The van der Waals surface area contributed by atoms with Gasteiger partial charge in [0.05, 0.1) is 19.6 Å². The number of methoxy groups -OCH3 is 1. The maximum atomic E-state index is 12.8. The second-order valence-electron chi connectivity index (χ2n) is 8.08. The van der Waals surface area contributed by atoms with Gasteiger partial charge >= 0.3 is 5.97 Å². The number of benzene rings is 3. The summed E-state index contributed by atoms with van der Waals surface area (Å²) in [5.41, 5.74) is 3.16. The SMILES string of the molecule is CCOc1cc(OC)ccc1C1c2cc(O)ccc2C(c2ccc3c(c2)OCO3)C1C(=O)O.[Pr]. The van der Waals surface area contributed by atoms with Gasteiger partial charge in [0, 0.05) is 64.8 Å². The minimum absolute atomic E-state index is 0. The van der Waals surface area contributed by atoms with Gasteiger partial charge in [0.15, 0.2) is 11.5 Å². The number of aromatic hydroxyl groups is 1. The van der Waals surface area contributed by atoms with Gasteiger partial charge in [-0.1, -0.05) is 18.2 Å². The van der Waals surface area contributed by atoms with E-state index in [1.54, 1.807) is 37.4 Å². The maximum absolute atomic E-state index is 12.8. The van der Waals surface area contributed by atoms with Gasteiger partial charge in [-0.15, -0.1) is 0 Å². The zero-order chi connectivity index (χ0) is 23.1. The normalized spacial score (nSPS) is 19.8. The molecular weight excluding hydrogens is 565 g/mol. The van der Waals surface area contributed by atoms with Gasteiger partial charge in [0.1, 0.15) is 17.2 Å². The van der Waals surface area contributed by atoms with Gasteiger partial charge < -0.3 is 29.2 Å². The molecule has 0 amide bonds.